The van der Waals surface area contributed by atoms with Crippen molar-refractivity contribution >= 4 is 23.2 Å². The van der Waals surface area contributed by atoms with Crippen molar-refractivity contribution in [1.82, 2.24) is 4.90 Å². The number of rotatable bonds is 7. The van der Waals surface area contributed by atoms with Gasteiger partial charge in [-0.05, 0) is 44.2 Å². The number of aryl methyl sites for hydroxylation is 1. The van der Waals surface area contributed by atoms with Crippen molar-refractivity contribution in [3.63, 3.8) is 0 Å². The third kappa shape index (κ3) is 4.61. The lowest BCUT2D eigenvalue weighted by molar-refractivity contribution is -0.122. The molecule has 0 fully saturated rings. The molecule has 0 saturated heterocycles. The molecule has 7 heteroatoms. The molecule has 0 bridgehead atoms. The molecule has 0 saturated carbocycles. The highest BCUT2D eigenvalue weighted by atomic mass is 16.7. The summed E-state index contributed by atoms with van der Waals surface area (Å²) in [6, 6.07) is 12.5. The average molecular weight is 383 g/mol. The summed E-state index contributed by atoms with van der Waals surface area (Å²) < 4.78 is 10.6. The lowest BCUT2D eigenvalue weighted by atomic mass is 10.1. The highest BCUT2D eigenvalue weighted by Crippen LogP contribution is 2.34. The Kier molecular flexibility index (Phi) is 6.16. The number of benzene rings is 2. The molecule has 2 amide bonds. The summed E-state index contributed by atoms with van der Waals surface area (Å²) in [5, 5.41) is 5.77. The number of nitrogens with one attached hydrogen (secondary N) is 2. The van der Waals surface area contributed by atoms with E-state index in [0.29, 0.717) is 17.2 Å². The second-order valence-corrected chi connectivity index (χ2v) is 6.71. The van der Waals surface area contributed by atoms with Crippen LogP contribution in [0.15, 0.2) is 42.5 Å². The summed E-state index contributed by atoms with van der Waals surface area (Å²) in [5.41, 5.74) is 2.50. The van der Waals surface area contributed by atoms with Crippen molar-refractivity contribution in [3.8, 4) is 11.5 Å². The normalized spacial score (nSPS) is 13.3. The van der Waals surface area contributed by atoms with Crippen LogP contribution in [0.5, 0.6) is 11.5 Å². The molecular weight excluding hydrogens is 358 g/mol. The molecule has 2 N–H and O–H groups in total. The van der Waals surface area contributed by atoms with E-state index in [4.69, 9.17) is 9.47 Å². The van der Waals surface area contributed by atoms with E-state index in [2.05, 4.69) is 10.6 Å². The number of anilines is 2. The van der Waals surface area contributed by atoms with E-state index in [1.165, 1.54) is 0 Å². The summed E-state index contributed by atoms with van der Waals surface area (Å²) in [6.07, 6.45) is 0.834. The van der Waals surface area contributed by atoms with Crippen LogP contribution in [0.25, 0.3) is 0 Å². The molecule has 1 heterocycles. The largest absolute Gasteiger partial charge is 0.454 e. The fourth-order valence-corrected chi connectivity index (χ4v) is 2.92. The van der Waals surface area contributed by atoms with E-state index in [9.17, 15) is 9.59 Å². The van der Waals surface area contributed by atoms with Crippen LogP contribution in [0.4, 0.5) is 11.4 Å². The lowest BCUT2D eigenvalue weighted by Crippen LogP contribution is -2.43. The Labute approximate surface area is 164 Å². The molecule has 7 nitrogen and oxygen atoms in total. The van der Waals surface area contributed by atoms with Crippen molar-refractivity contribution in [2.45, 2.75) is 26.3 Å². The Balaban J connectivity index is 1.55. The maximum absolute atomic E-state index is 12.5. The number of carbonyl (C=O) groups excluding carboxylic acids is 2. The van der Waals surface area contributed by atoms with E-state index < -0.39 is 6.04 Å². The molecule has 1 aliphatic heterocycles. The molecule has 148 valence electrons. The predicted molar refractivity (Wildman–Crippen MR) is 108 cm³/mol. The Morgan fingerprint density at radius 2 is 1.86 bits per heavy atom. The second-order valence-electron chi connectivity index (χ2n) is 6.71. The minimum Gasteiger partial charge on any atom is -0.454 e. The molecule has 3 rings (SSSR count). The molecule has 1 aliphatic rings. The maximum atomic E-state index is 12.5. The number of amides is 2. The molecule has 28 heavy (non-hydrogen) atoms. The fraction of sp³-hybridized carbons (Fsp3) is 0.333. The van der Waals surface area contributed by atoms with Crippen molar-refractivity contribution in [3.05, 3.63) is 48.0 Å². The molecular formula is C21H25N3O4. The van der Waals surface area contributed by atoms with Gasteiger partial charge in [-0.25, -0.2) is 0 Å². The zero-order valence-electron chi connectivity index (χ0n) is 16.3. The fourth-order valence-electron chi connectivity index (χ4n) is 2.92. The van der Waals surface area contributed by atoms with Crippen LogP contribution in [0, 0.1) is 0 Å². The molecule has 0 aliphatic carbocycles. The van der Waals surface area contributed by atoms with Crippen molar-refractivity contribution in [2.24, 2.45) is 0 Å². The first kappa shape index (κ1) is 19.7. The third-order valence-electron chi connectivity index (χ3n) is 4.75. The summed E-state index contributed by atoms with van der Waals surface area (Å²) >= 11 is 0. The van der Waals surface area contributed by atoms with E-state index in [1.807, 2.05) is 31.2 Å². The van der Waals surface area contributed by atoms with Gasteiger partial charge in [-0.15, -0.1) is 0 Å². The topological polar surface area (TPSA) is 79.9 Å². The molecule has 2 aromatic carbocycles. The first-order chi connectivity index (χ1) is 13.5. The van der Waals surface area contributed by atoms with Crippen LogP contribution in [0.2, 0.25) is 0 Å². The summed E-state index contributed by atoms with van der Waals surface area (Å²) in [5.74, 6) is 0.897. The van der Waals surface area contributed by atoms with Gasteiger partial charge in [0.15, 0.2) is 11.5 Å². The zero-order chi connectivity index (χ0) is 20.1. The first-order valence-electron chi connectivity index (χ1n) is 9.26. The van der Waals surface area contributed by atoms with E-state index in [0.717, 1.165) is 17.7 Å². The van der Waals surface area contributed by atoms with Gasteiger partial charge in [0.2, 0.25) is 18.6 Å². The van der Waals surface area contributed by atoms with Gasteiger partial charge in [0, 0.05) is 17.4 Å². The van der Waals surface area contributed by atoms with Crippen molar-refractivity contribution < 1.29 is 19.1 Å². The smallest absolute Gasteiger partial charge is 0.241 e. The number of nitrogens with zero attached hydrogens (tertiary/aromatic N) is 1. The van der Waals surface area contributed by atoms with Crippen LogP contribution in [-0.4, -0.2) is 43.1 Å². The Hall–Kier alpha value is -3.06. The molecule has 2 aromatic rings. The zero-order valence-corrected chi connectivity index (χ0v) is 16.3. The molecule has 0 spiro atoms. The second kappa shape index (κ2) is 8.75. The highest BCUT2D eigenvalue weighted by molar-refractivity contribution is 5.96. The van der Waals surface area contributed by atoms with Crippen LogP contribution >= 0.6 is 0 Å². The minimum absolute atomic E-state index is 0.105. The Bertz CT molecular complexity index is 868. The molecule has 1 atom stereocenters. The van der Waals surface area contributed by atoms with Gasteiger partial charge in [0.05, 0.1) is 12.6 Å². The number of para-hydroxylation sites is 1. The standard InChI is InChI=1S/C21H25N3O4/c1-4-15-7-5-6-8-17(15)23-20(25)12-24(3)14(2)21(26)22-16-9-10-18-19(11-16)28-13-27-18/h5-11,14H,4,12-13H2,1-3H3,(H,22,26)(H,23,25)/t14-/m0/s1. The summed E-state index contributed by atoms with van der Waals surface area (Å²) in [4.78, 5) is 26.6. The number of ether oxygens (including phenoxy) is 2. The maximum Gasteiger partial charge on any atom is 0.241 e. The number of hydrogen-bond acceptors (Lipinski definition) is 5. The van der Waals surface area contributed by atoms with Gasteiger partial charge in [0.25, 0.3) is 0 Å². The predicted octanol–water partition coefficient (Wildman–Crippen LogP) is 2.88. The molecule has 0 radical (unpaired) electrons. The van der Waals surface area contributed by atoms with Gasteiger partial charge in [0.1, 0.15) is 0 Å². The van der Waals surface area contributed by atoms with Crippen LogP contribution in [0.1, 0.15) is 19.4 Å². The van der Waals surface area contributed by atoms with Crippen LogP contribution < -0.4 is 20.1 Å². The summed E-state index contributed by atoms with van der Waals surface area (Å²) in [6.45, 7) is 4.09. The minimum atomic E-state index is -0.488. The summed E-state index contributed by atoms with van der Waals surface area (Å²) in [7, 11) is 1.75. The van der Waals surface area contributed by atoms with E-state index in [-0.39, 0.29) is 25.2 Å². The molecule has 0 unspecified atom stereocenters. The third-order valence-corrected chi connectivity index (χ3v) is 4.75. The van der Waals surface area contributed by atoms with Gasteiger partial charge >= 0.3 is 0 Å². The van der Waals surface area contributed by atoms with Crippen molar-refractivity contribution in [2.75, 3.05) is 31.0 Å². The van der Waals surface area contributed by atoms with Crippen LogP contribution in [0.3, 0.4) is 0 Å². The highest BCUT2D eigenvalue weighted by Gasteiger charge is 2.21. The number of fused-ring (bicyclic) bond motifs is 1. The van der Waals surface area contributed by atoms with Gasteiger partial charge in [-0.1, -0.05) is 25.1 Å². The Morgan fingerprint density at radius 3 is 2.64 bits per heavy atom. The Morgan fingerprint density at radius 1 is 1.11 bits per heavy atom. The quantitative estimate of drug-likeness (QED) is 0.769. The lowest BCUT2D eigenvalue weighted by Gasteiger charge is -2.23. The van der Waals surface area contributed by atoms with Crippen LogP contribution in [-0.2, 0) is 16.0 Å². The molecule has 0 aromatic heterocycles. The first-order valence-corrected chi connectivity index (χ1v) is 9.26. The average Bonchev–Trinajstić information content (AvgIpc) is 3.15. The number of likely N-dealkylation sites (N-methyl/N-ethyl adjacent to an activating group) is 1. The van der Waals surface area contributed by atoms with E-state index in [1.54, 1.807) is 37.1 Å². The van der Waals surface area contributed by atoms with E-state index >= 15 is 0 Å². The van der Waals surface area contributed by atoms with Gasteiger partial charge in [-0.3, -0.25) is 14.5 Å². The number of carbonyl (C=O) groups is 2. The van der Waals surface area contributed by atoms with Gasteiger partial charge < -0.3 is 20.1 Å². The van der Waals surface area contributed by atoms with Gasteiger partial charge in [-0.2, -0.15) is 0 Å². The monoisotopic (exact) mass is 383 g/mol. The number of hydrogen-bond donors (Lipinski definition) is 2. The SMILES string of the molecule is CCc1ccccc1NC(=O)CN(C)[C@@H](C)C(=O)Nc1ccc2c(c1)OCO2. The van der Waals surface area contributed by atoms with Crippen molar-refractivity contribution in [1.29, 1.82) is 0 Å².